The summed E-state index contributed by atoms with van der Waals surface area (Å²) in [6, 6.07) is 13.4. The van der Waals surface area contributed by atoms with E-state index in [1.807, 2.05) is 12.1 Å². The zero-order valence-corrected chi connectivity index (χ0v) is 11.0. The first-order valence-electron chi connectivity index (χ1n) is 6.14. The van der Waals surface area contributed by atoms with Crippen LogP contribution in [-0.4, -0.2) is 11.7 Å². The molecule has 0 fully saturated rings. The van der Waals surface area contributed by atoms with E-state index in [0.717, 1.165) is 5.69 Å². The van der Waals surface area contributed by atoms with Crippen LogP contribution in [0.25, 0.3) is 0 Å². The highest BCUT2D eigenvalue weighted by molar-refractivity contribution is 6.32. The van der Waals surface area contributed by atoms with Gasteiger partial charge in [-0.25, -0.2) is 0 Å². The number of fused-ring (bicyclic) bond motifs is 1. The highest BCUT2D eigenvalue weighted by Crippen LogP contribution is 2.31. The number of halogens is 1. The fourth-order valence-electron chi connectivity index (χ4n) is 2.30. The summed E-state index contributed by atoms with van der Waals surface area (Å²) in [6.07, 6.45) is 0. The van der Waals surface area contributed by atoms with Gasteiger partial charge in [0.25, 0.3) is 0 Å². The summed E-state index contributed by atoms with van der Waals surface area (Å²) in [5, 5.41) is 13.2. The molecular weight excluding hydrogens is 262 g/mol. The average Bonchev–Trinajstić information content (AvgIpc) is 2.43. The molecule has 4 heteroatoms. The molecule has 0 saturated carbocycles. The van der Waals surface area contributed by atoms with E-state index in [1.165, 1.54) is 11.1 Å². The molecule has 1 aliphatic heterocycles. The number of anilines is 1. The van der Waals surface area contributed by atoms with Crippen LogP contribution in [0.2, 0.25) is 5.02 Å². The molecule has 2 aromatic rings. The van der Waals surface area contributed by atoms with Gasteiger partial charge in [0.15, 0.2) is 0 Å². The van der Waals surface area contributed by atoms with E-state index in [1.54, 1.807) is 18.2 Å². The van der Waals surface area contributed by atoms with Crippen LogP contribution >= 0.6 is 11.6 Å². The molecule has 0 aliphatic carbocycles. The molecule has 19 heavy (non-hydrogen) atoms. The SMILES string of the molecule is Oc1ccc(NC2COCc3ccccc32)cc1Cl. The van der Waals surface area contributed by atoms with Gasteiger partial charge < -0.3 is 15.2 Å². The minimum Gasteiger partial charge on any atom is -0.506 e. The number of aromatic hydroxyl groups is 1. The standard InChI is InChI=1S/C15H14ClNO2/c16-13-7-11(5-6-15(13)18)17-14-9-19-8-10-3-1-2-4-12(10)14/h1-7,14,17-18H,8-9H2. The lowest BCUT2D eigenvalue weighted by Crippen LogP contribution is -2.23. The molecule has 0 saturated heterocycles. The van der Waals surface area contributed by atoms with E-state index in [-0.39, 0.29) is 11.8 Å². The van der Waals surface area contributed by atoms with Crippen molar-refractivity contribution in [2.75, 3.05) is 11.9 Å². The van der Waals surface area contributed by atoms with Gasteiger partial charge >= 0.3 is 0 Å². The maximum Gasteiger partial charge on any atom is 0.134 e. The van der Waals surface area contributed by atoms with Crippen LogP contribution in [0.15, 0.2) is 42.5 Å². The molecule has 1 heterocycles. The maximum absolute atomic E-state index is 9.42. The Labute approximate surface area is 116 Å². The van der Waals surface area contributed by atoms with Gasteiger partial charge in [-0.3, -0.25) is 0 Å². The van der Waals surface area contributed by atoms with Crippen LogP contribution in [0, 0.1) is 0 Å². The summed E-state index contributed by atoms with van der Waals surface area (Å²) in [7, 11) is 0. The number of nitrogens with one attached hydrogen (secondary N) is 1. The van der Waals surface area contributed by atoms with E-state index in [0.29, 0.717) is 18.2 Å². The van der Waals surface area contributed by atoms with Crippen LogP contribution in [0.3, 0.4) is 0 Å². The quantitative estimate of drug-likeness (QED) is 0.821. The zero-order chi connectivity index (χ0) is 13.2. The van der Waals surface area contributed by atoms with E-state index in [4.69, 9.17) is 16.3 Å². The smallest absolute Gasteiger partial charge is 0.134 e. The molecule has 0 bridgehead atoms. The Kier molecular flexibility index (Phi) is 3.32. The molecule has 1 unspecified atom stereocenters. The van der Waals surface area contributed by atoms with Crippen molar-refractivity contribution in [2.24, 2.45) is 0 Å². The van der Waals surface area contributed by atoms with E-state index in [2.05, 4.69) is 17.4 Å². The first-order valence-corrected chi connectivity index (χ1v) is 6.52. The average molecular weight is 276 g/mol. The van der Waals surface area contributed by atoms with E-state index in [9.17, 15) is 5.11 Å². The summed E-state index contributed by atoms with van der Waals surface area (Å²) in [5.74, 6) is 0.0903. The maximum atomic E-state index is 9.42. The Morgan fingerprint density at radius 1 is 1.21 bits per heavy atom. The van der Waals surface area contributed by atoms with Gasteiger partial charge in [0.1, 0.15) is 5.75 Å². The number of hydrogen-bond acceptors (Lipinski definition) is 3. The Balaban J connectivity index is 1.86. The lowest BCUT2D eigenvalue weighted by molar-refractivity contribution is 0.0970. The van der Waals surface area contributed by atoms with Gasteiger partial charge in [-0.2, -0.15) is 0 Å². The second kappa shape index (κ2) is 5.11. The largest absolute Gasteiger partial charge is 0.506 e. The minimum absolute atomic E-state index is 0.0903. The molecule has 0 radical (unpaired) electrons. The first-order chi connectivity index (χ1) is 9.24. The number of ether oxygens (including phenoxy) is 1. The fraction of sp³-hybridized carbons (Fsp3) is 0.200. The van der Waals surface area contributed by atoms with Crippen LogP contribution in [-0.2, 0) is 11.3 Å². The predicted octanol–water partition coefficient (Wildman–Crippen LogP) is 3.73. The van der Waals surface area contributed by atoms with Crippen molar-refractivity contribution in [3.8, 4) is 5.75 Å². The van der Waals surface area contributed by atoms with Crippen LogP contribution < -0.4 is 5.32 Å². The summed E-state index contributed by atoms with van der Waals surface area (Å²) < 4.78 is 5.59. The third-order valence-electron chi connectivity index (χ3n) is 3.26. The molecule has 3 nitrogen and oxygen atoms in total. The molecular formula is C15H14ClNO2. The molecule has 98 valence electrons. The molecule has 2 N–H and O–H groups in total. The van der Waals surface area contributed by atoms with Crippen molar-refractivity contribution in [3.05, 3.63) is 58.6 Å². The van der Waals surface area contributed by atoms with Gasteiger partial charge in [0.2, 0.25) is 0 Å². The minimum atomic E-state index is 0.0903. The number of rotatable bonds is 2. The topological polar surface area (TPSA) is 41.5 Å². The molecule has 2 aromatic carbocycles. The Hall–Kier alpha value is -1.71. The van der Waals surface area contributed by atoms with Crippen LogP contribution in [0.1, 0.15) is 17.2 Å². The molecule has 0 aromatic heterocycles. The lowest BCUT2D eigenvalue weighted by atomic mass is 9.99. The van der Waals surface area contributed by atoms with Crippen molar-refractivity contribution in [3.63, 3.8) is 0 Å². The van der Waals surface area contributed by atoms with E-state index < -0.39 is 0 Å². The third kappa shape index (κ3) is 2.53. The first kappa shape index (κ1) is 12.3. The Bertz CT molecular complexity index is 600. The molecule has 0 spiro atoms. The van der Waals surface area contributed by atoms with Gasteiger partial charge in [-0.15, -0.1) is 0 Å². The van der Waals surface area contributed by atoms with Crippen molar-refractivity contribution in [2.45, 2.75) is 12.6 Å². The monoisotopic (exact) mass is 275 g/mol. The molecule has 1 aliphatic rings. The van der Waals surface area contributed by atoms with Crippen molar-refractivity contribution < 1.29 is 9.84 Å². The number of phenolic OH excluding ortho intramolecular Hbond substituents is 1. The number of hydrogen-bond donors (Lipinski definition) is 2. The summed E-state index contributed by atoms with van der Waals surface area (Å²) in [5.41, 5.74) is 3.32. The van der Waals surface area contributed by atoms with Crippen molar-refractivity contribution in [1.82, 2.24) is 0 Å². The number of phenols is 1. The Morgan fingerprint density at radius 3 is 2.89 bits per heavy atom. The molecule has 0 amide bonds. The fourth-order valence-corrected chi connectivity index (χ4v) is 2.48. The summed E-state index contributed by atoms with van der Waals surface area (Å²) >= 11 is 5.91. The van der Waals surface area contributed by atoms with Crippen molar-refractivity contribution in [1.29, 1.82) is 0 Å². The highest BCUT2D eigenvalue weighted by Gasteiger charge is 2.20. The third-order valence-corrected chi connectivity index (χ3v) is 3.56. The zero-order valence-electron chi connectivity index (χ0n) is 10.3. The van der Waals surface area contributed by atoms with Gasteiger partial charge in [-0.1, -0.05) is 35.9 Å². The molecule has 1 atom stereocenters. The molecule has 3 rings (SSSR count). The van der Waals surface area contributed by atoms with Gasteiger partial charge in [0.05, 0.1) is 24.3 Å². The Morgan fingerprint density at radius 2 is 2.05 bits per heavy atom. The van der Waals surface area contributed by atoms with E-state index >= 15 is 0 Å². The second-order valence-corrected chi connectivity index (χ2v) is 4.98. The van der Waals surface area contributed by atoms with Crippen molar-refractivity contribution >= 4 is 17.3 Å². The van der Waals surface area contributed by atoms with Gasteiger partial charge in [0, 0.05) is 5.69 Å². The highest BCUT2D eigenvalue weighted by atomic mass is 35.5. The van der Waals surface area contributed by atoms with Crippen LogP contribution in [0.4, 0.5) is 5.69 Å². The number of benzene rings is 2. The van der Waals surface area contributed by atoms with Crippen LogP contribution in [0.5, 0.6) is 5.75 Å². The second-order valence-electron chi connectivity index (χ2n) is 4.58. The summed E-state index contributed by atoms with van der Waals surface area (Å²) in [4.78, 5) is 0. The lowest BCUT2D eigenvalue weighted by Gasteiger charge is -2.27. The summed E-state index contributed by atoms with van der Waals surface area (Å²) in [6.45, 7) is 1.28. The normalized spacial score (nSPS) is 17.8. The predicted molar refractivity (Wildman–Crippen MR) is 75.6 cm³/mol. The van der Waals surface area contributed by atoms with Gasteiger partial charge in [-0.05, 0) is 29.3 Å².